The predicted octanol–water partition coefficient (Wildman–Crippen LogP) is 3.64. The molecule has 0 saturated carbocycles. The van der Waals surface area contributed by atoms with Crippen molar-refractivity contribution in [1.82, 2.24) is 10.2 Å². The van der Waals surface area contributed by atoms with E-state index in [1.807, 2.05) is 25.1 Å². The first-order valence-electron chi connectivity index (χ1n) is 10.0. The molecule has 0 bridgehead atoms. The standard InChI is InChI=1S/C23H31N3O/c1-19-10-11-21(18-20(19)2)23(27)24-12-6-7-13-25-14-16-26(17-15-25)22-8-4-3-5-9-22/h3-5,8-11,18H,6-7,12-17H2,1-2H3,(H,24,27). The minimum atomic E-state index is 0.0366. The van der Waals surface area contributed by atoms with Crippen LogP contribution >= 0.6 is 0 Å². The summed E-state index contributed by atoms with van der Waals surface area (Å²) < 4.78 is 0. The van der Waals surface area contributed by atoms with E-state index in [-0.39, 0.29) is 5.91 Å². The lowest BCUT2D eigenvalue weighted by Crippen LogP contribution is -2.46. The van der Waals surface area contributed by atoms with Gasteiger partial charge in [-0.2, -0.15) is 0 Å². The number of rotatable bonds is 7. The smallest absolute Gasteiger partial charge is 0.251 e. The van der Waals surface area contributed by atoms with Crippen molar-refractivity contribution in [2.75, 3.05) is 44.2 Å². The lowest BCUT2D eigenvalue weighted by atomic mass is 10.1. The molecule has 1 N–H and O–H groups in total. The largest absolute Gasteiger partial charge is 0.369 e. The predicted molar refractivity (Wildman–Crippen MR) is 113 cm³/mol. The second-order valence-electron chi connectivity index (χ2n) is 7.43. The van der Waals surface area contributed by atoms with Crippen LogP contribution in [0.5, 0.6) is 0 Å². The van der Waals surface area contributed by atoms with Crippen LogP contribution in [-0.2, 0) is 0 Å². The lowest BCUT2D eigenvalue weighted by Gasteiger charge is -2.36. The van der Waals surface area contributed by atoms with Gasteiger partial charge in [0.15, 0.2) is 0 Å². The molecule has 4 nitrogen and oxygen atoms in total. The van der Waals surface area contributed by atoms with Crippen molar-refractivity contribution in [3.8, 4) is 0 Å². The monoisotopic (exact) mass is 365 g/mol. The number of anilines is 1. The highest BCUT2D eigenvalue weighted by Gasteiger charge is 2.16. The molecular formula is C23H31N3O. The first-order valence-corrected chi connectivity index (χ1v) is 10.0. The summed E-state index contributed by atoms with van der Waals surface area (Å²) in [5, 5.41) is 3.05. The molecule has 0 spiro atoms. The lowest BCUT2D eigenvalue weighted by molar-refractivity contribution is 0.0952. The van der Waals surface area contributed by atoms with E-state index in [0.717, 1.165) is 63.2 Å². The molecular weight excluding hydrogens is 334 g/mol. The second kappa shape index (κ2) is 9.56. The zero-order chi connectivity index (χ0) is 19.1. The highest BCUT2D eigenvalue weighted by molar-refractivity contribution is 5.94. The van der Waals surface area contributed by atoms with Gasteiger partial charge in [0.2, 0.25) is 0 Å². The summed E-state index contributed by atoms with van der Waals surface area (Å²) in [6.45, 7) is 10.4. The summed E-state index contributed by atoms with van der Waals surface area (Å²) in [5.41, 5.74) is 4.47. The van der Waals surface area contributed by atoms with Gasteiger partial charge in [0.25, 0.3) is 5.91 Å². The molecule has 3 rings (SSSR count). The fourth-order valence-corrected chi connectivity index (χ4v) is 3.52. The van der Waals surface area contributed by atoms with E-state index in [1.54, 1.807) is 0 Å². The van der Waals surface area contributed by atoms with E-state index in [4.69, 9.17) is 0 Å². The maximum absolute atomic E-state index is 12.2. The van der Waals surface area contributed by atoms with Crippen molar-refractivity contribution in [3.05, 3.63) is 65.2 Å². The van der Waals surface area contributed by atoms with Crippen LogP contribution in [0.25, 0.3) is 0 Å². The van der Waals surface area contributed by atoms with E-state index < -0.39 is 0 Å². The van der Waals surface area contributed by atoms with Gasteiger partial charge in [-0.05, 0) is 68.6 Å². The van der Waals surface area contributed by atoms with Gasteiger partial charge in [-0.15, -0.1) is 0 Å². The van der Waals surface area contributed by atoms with Crippen molar-refractivity contribution in [1.29, 1.82) is 0 Å². The Kier molecular flexibility index (Phi) is 6.88. The van der Waals surface area contributed by atoms with Crippen LogP contribution < -0.4 is 10.2 Å². The Morgan fingerprint density at radius 2 is 1.67 bits per heavy atom. The van der Waals surface area contributed by atoms with Gasteiger partial charge in [-0.1, -0.05) is 24.3 Å². The van der Waals surface area contributed by atoms with Gasteiger partial charge in [0.05, 0.1) is 0 Å². The van der Waals surface area contributed by atoms with Gasteiger partial charge in [0.1, 0.15) is 0 Å². The maximum Gasteiger partial charge on any atom is 0.251 e. The molecule has 1 heterocycles. The zero-order valence-electron chi connectivity index (χ0n) is 16.6. The third-order valence-electron chi connectivity index (χ3n) is 5.45. The molecule has 0 atom stereocenters. The summed E-state index contributed by atoms with van der Waals surface area (Å²) in [6, 6.07) is 16.5. The number of hydrogen-bond donors (Lipinski definition) is 1. The van der Waals surface area contributed by atoms with Crippen molar-refractivity contribution in [3.63, 3.8) is 0 Å². The highest BCUT2D eigenvalue weighted by Crippen LogP contribution is 2.15. The number of para-hydroxylation sites is 1. The maximum atomic E-state index is 12.2. The molecule has 0 aliphatic carbocycles. The quantitative estimate of drug-likeness (QED) is 0.761. The second-order valence-corrected chi connectivity index (χ2v) is 7.43. The molecule has 0 unspecified atom stereocenters. The van der Waals surface area contributed by atoms with Gasteiger partial charge >= 0.3 is 0 Å². The number of piperazine rings is 1. The summed E-state index contributed by atoms with van der Waals surface area (Å²) in [6.07, 6.45) is 2.15. The number of unbranched alkanes of at least 4 members (excludes halogenated alkanes) is 1. The van der Waals surface area contributed by atoms with Crippen LogP contribution in [0.3, 0.4) is 0 Å². The average molecular weight is 366 g/mol. The number of benzene rings is 2. The Bertz CT molecular complexity index is 737. The van der Waals surface area contributed by atoms with Crippen molar-refractivity contribution in [2.24, 2.45) is 0 Å². The number of carbonyl (C=O) groups excluding carboxylic acids is 1. The van der Waals surface area contributed by atoms with E-state index in [0.29, 0.717) is 0 Å². The van der Waals surface area contributed by atoms with Crippen LogP contribution in [0.2, 0.25) is 0 Å². The number of nitrogens with one attached hydrogen (secondary N) is 1. The van der Waals surface area contributed by atoms with Crippen LogP contribution in [0, 0.1) is 13.8 Å². The average Bonchev–Trinajstić information content (AvgIpc) is 2.71. The molecule has 1 aliphatic rings. The third-order valence-corrected chi connectivity index (χ3v) is 5.45. The number of aryl methyl sites for hydroxylation is 2. The van der Waals surface area contributed by atoms with Crippen LogP contribution in [0.1, 0.15) is 34.3 Å². The topological polar surface area (TPSA) is 35.6 Å². The van der Waals surface area contributed by atoms with Gasteiger partial charge in [-0.3, -0.25) is 9.69 Å². The number of amides is 1. The van der Waals surface area contributed by atoms with E-state index in [2.05, 4.69) is 52.4 Å². The first-order chi connectivity index (χ1) is 13.1. The molecule has 1 saturated heterocycles. The summed E-state index contributed by atoms with van der Waals surface area (Å²) in [4.78, 5) is 17.2. The first kappa shape index (κ1) is 19.4. The molecule has 144 valence electrons. The minimum Gasteiger partial charge on any atom is -0.369 e. The van der Waals surface area contributed by atoms with Gasteiger partial charge < -0.3 is 10.2 Å². The molecule has 27 heavy (non-hydrogen) atoms. The Balaban J connectivity index is 1.31. The van der Waals surface area contributed by atoms with E-state index in [9.17, 15) is 4.79 Å². The Morgan fingerprint density at radius 1 is 0.926 bits per heavy atom. The SMILES string of the molecule is Cc1ccc(C(=O)NCCCCN2CCN(c3ccccc3)CC2)cc1C. The van der Waals surface area contributed by atoms with E-state index in [1.165, 1.54) is 11.3 Å². The summed E-state index contributed by atoms with van der Waals surface area (Å²) in [7, 11) is 0. The van der Waals surface area contributed by atoms with Crippen molar-refractivity contribution in [2.45, 2.75) is 26.7 Å². The molecule has 0 aromatic heterocycles. The fourth-order valence-electron chi connectivity index (χ4n) is 3.52. The number of carbonyl (C=O) groups is 1. The van der Waals surface area contributed by atoms with E-state index >= 15 is 0 Å². The minimum absolute atomic E-state index is 0.0366. The summed E-state index contributed by atoms with van der Waals surface area (Å²) >= 11 is 0. The molecule has 1 fully saturated rings. The third kappa shape index (κ3) is 5.57. The summed E-state index contributed by atoms with van der Waals surface area (Å²) in [5.74, 6) is 0.0366. The van der Waals surface area contributed by atoms with Crippen LogP contribution in [-0.4, -0.2) is 50.1 Å². The molecule has 0 radical (unpaired) electrons. The molecule has 2 aromatic rings. The fraction of sp³-hybridized carbons (Fsp3) is 0.435. The van der Waals surface area contributed by atoms with Crippen LogP contribution in [0.15, 0.2) is 48.5 Å². The van der Waals surface area contributed by atoms with Crippen molar-refractivity contribution < 1.29 is 4.79 Å². The number of nitrogens with zero attached hydrogens (tertiary/aromatic N) is 2. The number of hydrogen-bond acceptors (Lipinski definition) is 3. The molecule has 1 aliphatic heterocycles. The Hall–Kier alpha value is -2.33. The Morgan fingerprint density at radius 3 is 2.37 bits per heavy atom. The van der Waals surface area contributed by atoms with Gasteiger partial charge in [0, 0.05) is 44.0 Å². The van der Waals surface area contributed by atoms with Gasteiger partial charge in [-0.25, -0.2) is 0 Å². The Labute approximate surface area is 163 Å². The van der Waals surface area contributed by atoms with Crippen molar-refractivity contribution >= 4 is 11.6 Å². The normalized spacial score (nSPS) is 15.0. The van der Waals surface area contributed by atoms with Crippen LogP contribution in [0.4, 0.5) is 5.69 Å². The highest BCUT2D eigenvalue weighted by atomic mass is 16.1. The molecule has 4 heteroatoms. The molecule has 2 aromatic carbocycles. The molecule has 1 amide bonds. The zero-order valence-corrected chi connectivity index (χ0v) is 16.6.